The van der Waals surface area contributed by atoms with E-state index < -0.39 is 0 Å². The Balaban J connectivity index is 1.63. The lowest BCUT2D eigenvalue weighted by Crippen LogP contribution is -2.26. The number of nitrogens with two attached hydrogens (primary N) is 1. The molecule has 0 radical (unpaired) electrons. The SMILES string of the molecule is Cc1ccc2oc(C(=O)NCCn3cc(N)cn3)cc2c1. The molecule has 0 spiro atoms. The fourth-order valence-corrected chi connectivity index (χ4v) is 2.15. The molecule has 0 aliphatic carbocycles. The van der Waals surface area contributed by atoms with Crippen LogP contribution in [0.15, 0.2) is 41.1 Å². The molecule has 1 amide bonds. The Kier molecular flexibility index (Phi) is 3.35. The Morgan fingerprint density at radius 3 is 3.05 bits per heavy atom. The summed E-state index contributed by atoms with van der Waals surface area (Å²) in [6.07, 6.45) is 3.29. The van der Waals surface area contributed by atoms with Gasteiger partial charge in [0.1, 0.15) is 5.58 Å². The molecule has 6 heteroatoms. The van der Waals surface area contributed by atoms with Crippen molar-refractivity contribution in [1.29, 1.82) is 0 Å². The maximum absolute atomic E-state index is 12.0. The Morgan fingerprint density at radius 2 is 2.29 bits per heavy atom. The first kappa shape index (κ1) is 13.2. The molecule has 0 fully saturated rings. The number of benzene rings is 1. The Bertz CT molecular complexity index is 788. The minimum Gasteiger partial charge on any atom is -0.451 e. The average molecular weight is 284 g/mol. The summed E-state index contributed by atoms with van der Waals surface area (Å²) in [5.74, 6) is 0.0829. The standard InChI is InChI=1S/C15H16N4O2/c1-10-2-3-13-11(6-10)7-14(21-13)15(20)17-4-5-19-9-12(16)8-18-19/h2-3,6-9H,4-5,16H2,1H3,(H,17,20). The normalized spacial score (nSPS) is 10.9. The van der Waals surface area contributed by atoms with E-state index >= 15 is 0 Å². The van der Waals surface area contributed by atoms with Crippen molar-refractivity contribution in [2.75, 3.05) is 12.3 Å². The van der Waals surface area contributed by atoms with E-state index in [1.165, 1.54) is 0 Å². The molecular formula is C15H16N4O2. The third-order valence-electron chi connectivity index (χ3n) is 3.18. The zero-order valence-electron chi connectivity index (χ0n) is 11.7. The van der Waals surface area contributed by atoms with E-state index in [9.17, 15) is 4.79 Å². The van der Waals surface area contributed by atoms with Gasteiger partial charge in [-0.3, -0.25) is 9.48 Å². The molecule has 0 unspecified atom stereocenters. The number of fused-ring (bicyclic) bond motifs is 1. The molecule has 2 aromatic heterocycles. The van der Waals surface area contributed by atoms with Crippen LogP contribution >= 0.6 is 0 Å². The van der Waals surface area contributed by atoms with Crippen molar-refractivity contribution in [3.8, 4) is 0 Å². The topological polar surface area (TPSA) is 86.1 Å². The number of rotatable bonds is 4. The van der Waals surface area contributed by atoms with E-state index in [2.05, 4.69) is 10.4 Å². The monoisotopic (exact) mass is 284 g/mol. The number of hydrogen-bond acceptors (Lipinski definition) is 4. The van der Waals surface area contributed by atoms with Gasteiger partial charge in [0.15, 0.2) is 5.76 Å². The zero-order valence-corrected chi connectivity index (χ0v) is 11.7. The maximum Gasteiger partial charge on any atom is 0.287 e. The van der Waals surface area contributed by atoms with Gasteiger partial charge < -0.3 is 15.5 Å². The Labute approximate surface area is 121 Å². The molecule has 0 bridgehead atoms. The zero-order chi connectivity index (χ0) is 14.8. The number of anilines is 1. The molecule has 1 aromatic carbocycles. The molecule has 3 rings (SSSR count). The highest BCUT2D eigenvalue weighted by Gasteiger charge is 2.11. The van der Waals surface area contributed by atoms with Gasteiger partial charge in [-0.05, 0) is 25.1 Å². The van der Waals surface area contributed by atoms with Crippen molar-refractivity contribution in [3.05, 3.63) is 48.0 Å². The Morgan fingerprint density at radius 1 is 1.43 bits per heavy atom. The highest BCUT2D eigenvalue weighted by atomic mass is 16.3. The van der Waals surface area contributed by atoms with Crippen LogP contribution in [-0.2, 0) is 6.54 Å². The van der Waals surface area contributed by atoms with Gasteiger partial charge in [0, 0.05) is 18.1 Å². The van der Waals surface area contributed by atoms with Crippen LogP contribution in [0.4, 0.5) is 5.69 Å². The summed E-state index contributed by atoms with van der Waals surface area (Å²) < 4.78 is 7.22. The van der Waals surface area contributed by atoms with Crippen molar-refractivity contribution in [2.45, 2.75) is 13.5 Å². The summed E-state index contributed by atoms with van der Waals surface area (Å²) in [6, 6.07) is 7.56. The second-order valence-electron chi connectivity index (χ2n) is 4.94. The highest BCUT2D eigenvalue weighted by Crippen LogP contribution is 2.20. The van der Waals surface area contributed by atoms with Crippen LogP contribution in [0.5, 0.6) is 0 Å². The summed E-state index contributed by atoms with van der Waals surface area (Å²) in [5, 5.41) is 7.78. The second-order valence-corrected chi connectivity index (χ2v) is 4.94. The number of nitrogen functional groups attached to an aromatic ring is 1. The summed E-state index contributed by atoms with van der Waals surface area (Å²) in [4.78, 5) is 12.0. The third kappa shape index (κ3) is 2.89. The molecule has 0 aliphatic rings. The summed E-state index contributed by atoms with van der Waals surface area (Å²) in [7, 11) is 0. The molecule has 0 aliphatic heterocycles. The predicted molar refractivity (Wildman–Crippen MR) is 79.9 cm³/mol. The first-order valence-electron chi connectivity index (χ1n) is 6.68. The van der Waals surface area contributed by atoms with Gasteiger partial charge >= 0.3 is 0 Å². The van der Waals surface area contributed by atoms with Crippen LogP contribution in [0.3, 0.4) is 0 Å². The summed E-state index contributed by atoms with van der Waals surface area (Å²) >= 11 is 0. The third-order valence-corrected chi connectivity index (χ3v) is 3.18. The van der Waals surface area contributed by atoms with Gasteiger partial charge in [-0.1, -0.05) is 11.6 Å². The van der Waals surface area contributed by atoms with E-state index in [1.807, 2.05) is 25.1 Å². The molecular weight excluding hydrogens is 268 g/mol. The number of nitrogens with one attached hydrogen (secondary N) is 1. The molecule has 6 nitrogen and oxygen atoms in total. The van der Waals surface area contributed by atoms with Gasteiger partial charge in [0.2, 0.25) is 0 Å². The minimum absolute atomic E-state index is 0.232. The molecule has 3 aromatic rings. The van der Waals surface area contributed by atoms with Gasteiger partial charge in [0.25, 0.3) is 5.91 Å². The summed E-state index contributed by atoms with van der Waals surface area (Å²) in [5.41, 5.74) is 8.02. The van der Waals surface area contributed by atoms with Gasteiger partial charge in [-0.15, -0.1) is 0 Å². The van der Waals surface area contributed by atoms with Crippen molar-refractivity contribution in [2.24, 2.45) is 0 Å². The van der Waals surface area contributed by atoms with Crippen molar-refractivity contribution in [1.82, 2.24) is 15.1 Å². The molecule has 108 valence electrons. The van der Waals surface area contributed by atoms with Crippen LogP contribution in [0.25, 0.3) is 11.0 Å². The van der Waals surface area contributed by atoms with Crippen molar-refractivity contribution >= 4 is 22.6 Å². The fourth-order valence-electron chi connectivity index (χ4n) is 2.15. The minimum atomic E-state index is -0.232. The Hall–Kier alpha value is -2.76. The quantitative estimate of drug-likeness (QED) is 0.766. The van der Waals surface area contributed by atoms with Crippen LogP contribution < -0.4 is 11.1 Å². The maximum atomic E-state index is 12.0. The lowest BCUT2D eigenvalue weighted by atomic mass is 10.2. The van der Waals surface area contributed by atoms with Crippen LogP contribution in [-0.4, -0.2) is 22.2 Å². The summed E-state index contributed by atoms with van der Waals surface area (Å²) in [6.45, 7) is 3.01. The molecule has 0 saturated heterocycles. The van der Waals surface area contributed by atoms with Crippen molar-refractivity contribution < 1.29 is 9.21 Å². The number of hydrogen-bond donors (Lipinski definition) is 2. The number of amides is 1. The highest BCUT2D eigenvalue weighted by molar-refractivity contribution is 5.96. The van der Waals surface area contributed by atoms with Crippen molar-refractivity contribution in [3.63, 3.8) is 0 Å². The van der Waals surface area contributed by atoms with E-state index in [0.717, 1.165) is 10.9 Å². The molecule has 21 heavy (non-hydrogen) atoms. The lowest BCUT2D eigenvalue weighted by molar-refractivity contribution is 0.0926. The van der Waals surface area contributed by atoms with Crippen LogP contribution in [0.2, 0.25) is 0 Å². The number of aryl methyl sites for hydroxylation is 1. The smallest absolute Gasteiger partial charge is 0.287 e. The fraction of sp³-hybridized carbons (Fsp3) is 0.200. The number of furan rings is 1. The molecule has 0 atom stereocenters. The number of carbonyl (C=O) groups excluding carboxylic acids is 1. The van der Waals surface area contributed by atoms with E-state index in [4.69, 9.17) is 10.2 Å². The predicted octanol–water partition coefficient (Wildman–Crippen LogP) is 1.95. The number of carbonyl (C=O) groups is 1. The van der Waals surface area contributed by atoms with Gasteiger partial charge in [-0.2, -0.15) is 5.10 Å². The second kappa shape index (κ2) is 5.32. The average Bonchev–Trinajstić information content (AvgIpc) is 3.04. The molecule has 0 saturated carbocycles. The molecule has 3 N–H and O–H groups in total. The lowest BCUT2D eigenvalue weighted by Gasteiger charge is -2.03. The van der Waals surface area contributed by atoms with Crippen LogP contribution in [0.1, 0.15) is 16.1 Å². The number of aromatic nitrogens is 2. The van der Waals surface area contributed by atoms with Crippen LogP contribution in [0, 0.1) is 6.92 Å². The largest absolute Gasteiger partial charge is 0.451 e. The van der Waals surface area contributed by atoms with E-state index in [-0.39, 0.29) is 5.91 Å². The first-order valence-corrected chi connectivity index (χ1v) is 6.68. The van der Waals surface area contributed by atoms with Gasteiger partial charge in [0.05, 0.1) is 18.4 Å². The van der Waals surface area contributed by atoms with E-state index in [0.29, 0.717) is 30.1 Å². The number of nitrogens with zero attached hydrogens (tertiary/aromatic N) is 2. The first-order chi connectivity index (χ1) is 10.1. The molecule has 2 heterocycles. The van der Waals surface area contributed by atoms with Gasteiger partial charge in [-0.25, -0.2) is 0 Å². The van der Waals surface area contributed by atoms with E-state index in [1.54, 1.807) is 23.1 Å².